The summed E-state index contributed by atoms with van der Waals surface area (Å²) in [6.45, 7) is 16.8. The number of anilines is 1. The fourth-order valence-corrected chi connectivity index (χ4v) is 7.63. The van der Waals surface area contributed by atoms with Crippen molar-refractivity contribution in [3.63, 3.8) is 0 Å². The summed E-state index contributed by atoms with van der Waals surface area (Å²) in [4.78, 5) is 48.7. The van der Waals surface area contributed by atoms with Crippen LogP contribution in [0.4, 0.5) is 5.69 Å². The molecule has 0 aromatic heterocycles. The molecule has 3 aliphatic heterocycles. The summed E-state index contributed by atoms with van der Waals surface area (Å²) in [6.07, 6.45) is 7.84. The van der Waals surface area contributed by atoms with Crippen molar-refractivity contribution in [2.45, 2.75) is 89.5 Å². The number of carbonyl (C=O) groups is 3. The molecule has 0 saturated carbocycles. The number of hydrogen-bond donors (Lipinski definition) is 1. The van der Waals surface area contributed by atoms with Crippen molar-refractivity contribution in [2.24, 2.45) is 17.8 Å². The van der Waals surface area contributed by atoms with E-state index in [0.29, 0.717) is 32.4 Å². The van der Waals surface area contributed by atoms with Crippen LogP contribution in [0.15, 0.2) is 55.6 Å². The first kappa shape index (κ1) is 32.0. The minimum atomic E-state index is -1.14. The molecule has 0 radical (unpaired) electrons. The van der Waals surface area contributed by atoms with E-state index in [-0.39, 0.29) is 36.8 Å². The molecule has 3 fully saturated rings. The molecule has 2 bridgehead atoms. The average molecular weight is 580 g/mol. The van der Waals surface area contributed by atoms with Gasteiger partial charge in [0.05, 0.1) is 30.1 Å². The zero-order valence-corrected chi connectivity index (χ0v) is 25.8. The molecule has 1 spiro atoms. The number of amides is 3. The monoisotopic (exact) mass is 579 g/mol. The van der Waals surface area contributed by atoms with Crippen LogP contribution in [-0.4, -0.2) is 82.2 Å². The first-order chi connectivity index (χ1) is 20.1. The lowest BCUT2D eigenvalue weighted by molar-refractivity contribution is -0.155. The Morgan fingerprint density at radius 3 is 2.40 bits per heavy atom. The van der Waals surface area contributed by atoms with Gasteiger partial charge in [0.25, 0.3) is 0 Å². The molecule has 1 aromatic carbocycles. The topological polar surface area (TPSA) is 90.4 Å². The number of unbranched alkanes of at least 4 members (excludes halogenated alkanes) is 2. The van der Waals surface area contributed by atoms with Crippen molar-refractivity contribution in [1.82, 2.24) is 9.80 Å². The highest BCUT2D eigenvalue weighted by molar-refractivity contribution is 6.03. The van der Waals surface area contributed by atoms with E-state index < -0.39 is 35.1 Å². The largest absolute Gasteiger partial charge is 0.394 e. The van der Waals surface area contributed by atoms with Gasteiger partial charge in [0.2, 0.25) is 17.7 Å². The summed E-state index contributed by atoms with van der Waals surface area (Å²) in [6, 6.07) is 7.91. The number of likely N-dealkylation sites (tertiary alicyclic amines) is 1. The third kappa shape index (κ3) is 5.55. The van der Waals surface area contributed by atoms with Crippen LogP contribution >= 0.6 is 0 Å². The van der Waals surface area contributed by atoms with E-state index in [1.807, 2.05) is 51.1 Å². The summed E-state index contributed by atoms with van der Waals surface area (Å²) >= 11 is 0. The Hall–Kier alpha value is -2.97. The highest BCUT2D eigenvalue weighted by atomic mass is 16.5. The van der Waals surface area contributed by atoms with Crippen LogP contribution in [0.5, 0.6) is 0 Å². The van der Waals surface area contributed by atoms with Crippen molar-refractivity contribution in [3.05, 3.63) is 55.6 Å². The summed E-state index contributed by atoms with van der Waals surface area (Å²) in [7, 11) is 0. The molecule has 1 aromatic rings. The van der Waals surface area contributed by atoms with Gasteiger partial charge in [-0.3, -0.25) is 14.4 Å². The van der Waals surface area contributed by atoms with Gasteiger partial charge < -0.3 is 24.5 Å². The predicted molar refractivity (Wildman–Crippen MR) is 165 cm³/mol. The second-order valence-electron chi connectivity index (χ2n) is 12.8. The number of nitrogens with zero attached hydrogens (tertiary/aromatic N) is 3. The molecule has 3 saturated heterocycles. The molecule has 2 unspecified atom stereocenters. The maximum absolute atomic E-state index is 14.6. The third-order valence-electron chi connectivity index (χ3n) is 9.40. The molecule has 1 N–H and O–H groups in total. The molecular formula is C34H49N3O5. The molecule has 42 heavy (non-hydrogen) atoms. The van der Waals surface area contributed by atoms with E-state index in [4.69, 9.17) is 4.74 Å². The number of aliphatic hydroxyl groups is 1. The van der Waals surface area contributed by atoms with Crippen molar-refractivity contribution >= 4 is 23.4 Å². The van der Waals surface area contributed by atoms with Crippen LogP contribution in [-0.2, 0) is 19.1 Å². The van der Waals surface area contributed by atoms with E-state index in [2.05, 4.69) is 20.1 Å². The number of rotatable bonds is 15. The Morgan fingerprint density at radius 1 is 1.12 bits per heavy atom. The SMILES string of the molecule is C=CCN(CCCCC)C(=O)C1N([C@@H](CO)CC(C)C)C(=O)[C@@H]2[C@H](C(=O)N(CC=C)c3ccccc3)[C@]3(C)CCC12O3. The molecule has 8 heteroatoms. The van der Waals surface area contributed by atoms with Crippen molar-refractivity contribution in [3.8, 4) is 0 Å². The van der Waals surface area contributed by atoms with Crippen LogP contribution < -0.4 is 4.90 Å². The zero-order valence-electron chi connectivity index (χ0n) is 25.8. The van der Waals surface area contributed by atoms with Gasteiger partial charge >= 0.3 is 0 Å². The second-order valence-corrected chi connectivity index (χ2v) is 12.8. The van der Waals surface area contributed by atoms with Crippen molar-refractivity contribution < 1.29 is 24.2 Å². The Bertz CT molecular complexity index is 1160. The maximum Gasteiger partial charge on any atom is 0.248 e. The molecule has 8 nitrogen and oxygen atoms in total. The average Bonchev–Trinajstić information content (AvgIpc) is 3.54. The molecule has 0 aliphatic carbocycles. The number of para-hydroxylation sites is 1. The number of carbonyl (C=O) groups excluding carboxylic acids is 3. The molecular weight excluding hydrogens is 530 g/mol. The minimum Gasteiger partial charge on any atom is -0.394 e. The van der Waals surface area contributed by atoms with Crippen LogP contribution in [0, 0.1) is 17.8 Å². The van der Waals surface area contributed by atoms with Gasteiger partial charge in [-0.2, -0.15) is 0 Å². The molecule has 3 amide bonds. The van der Waals surface area contributed by atoms with Crippen LogP contribution in [0.3, 0.4) is 0 Å². The lowest BCUT2D eigenvalue weighted by Crippen LogP contribution is -2.59. The van der Waals surface area contributed by atoms with E-state index in [1.54, 1.807) is 26.9 Å². The summed E-state index contributed by atoms with van der Waals surface area (Å²) in [5.41, 5.74) is -1.32. The van der Waals surface area contributed by atoms with Gasteiger partial charge in [-0.05, 0) is 50.7 Å². The quantitative estimate of drug-likeness (QED) is 0.243. The number of aliphatic hydroxyl groups excluding tert-OH is 1. The first-order valence-electron chi connectivity index (χ1n) is 15.6. The van der Waals surface area contributed by atoms with Gasteiger partial charge in [-0.1, -0.05) is 64.0 Å². The number of benzene rings is 1. The fourth-order valence-electron chi connectivity index (χ4n) is 7.63. The Labute approximate surface area is 251 Å². The highest BCUT2D eigenvalue weighted by Gasteiger charge is 2.78. The molecule has 3 heterocycles. The van der Waals surface area contributed by atoms with E-state index in [0.717, 1.165) is 24.9 Å². The lowest BCUT2D eigenvalue weighted by atomic mass is 9.66. The van der Waals surface area contributed by atoms with Gasteiger partial charge in [0, 0.05) is 25.3 Å². The van der Waals surface area contributed by atoms with E-state index in [9.17, 15) is 19.5 Å². The molecule has 4 rings (SSSR count). The number of fused-ring (bicyclic) bond motifs is 1. The summed E-state index contributed by atoms with van der Waals surface area (Å²) in [5.74, 6) is -2.07. The zero-order chi connectivity index (χ0) is 30.7. The van der Waals surface area contributed by atoms with Gasteiger partial charge in [-0.15, -0.1) is 13.2 Å². The highest BCUT2D eigenvalue weighted by Crippen LogP contribution is 2.64. The molecule has 230 valence electrons. The standard InChI is InChI=1S/C34H49N3O5/c1-7-10-14-21-35(19-8-2)32(41)29-34-18-17-33(6,42-34)27(28(34)31(40)37(29)26(23-38)22-24(4)5)30(39)36(20-9-3)25-15-12-11-13-16-25/h8-9,11-13,15-16,24,26-29,38H,2-3,7,10,14,17-23H2,1,4-6H3/t26-,27-,28+,29?,33+,34?/m1/s1. The van der Waals surface area contributed by atoms with Crippen molar-refractivity contribution in [2.75, 3.05) is 31.1 Å². The third-order valence-corrected chi connectivity index (χ3v) is 9.40. The fraction of sp³-hybridized carbons (Fsp3) is 0.618. The normalized spacial score (nSPS) is 28.6. The van der Waals surface area contributed by atoms with Gasteiger partial charge in [0.15, 0.2) is 0 Å². The maximum atomic E-state index is 14.6. The Balaban J connectivity index is 1.81. The summed E-state index contributed by atoms with van der Waals surface area (Å²) < 4.78 is 6.87. The lowest BCUT2D eigenvalue weighted by Gasteiger charge is -2.40. The molecule has 6 atom stereocenters. The number of hydrogen-bond acceptors (Lipinski definition) is 5. The van der Waals surface area contributed by atoms with Crippen LogP contribution in [0.1, 0.15) is 66.2 Å². The first-order valence-corrected chi connectivity index (χ1v) is 15.6. The Morgan fingerprint density at radius 2 is 1.81 bits per heavy atom. The van der Waals surface area contributed by atoms with Crippen molar-refractivity contribution in [1.29, 1.82) is 0 Å². The number of ether oxygens (including phenoxy) is 1. The Kier molecular flexibility index (Phi) is 9.99. The van der Waals surface area contributed by atoms with E-state index in [1.165, 1.54) is 0 Å². The van der Waals surface area contributed by atoms with Crippen LogP contribution in [0.2, 0.25) is 0 Å². The summed E-state index contributed by atoms with van der Waals surface area (Å²) in [5, 5.41) is 10.6. The van der Waals surface area contributed by atoms with Crippen LogP contribution in [0.25, 0.3) is 0 Å². The van der Waals surface area contributed by atoms with Gasteiger partial charge in [-0.25, -0.2) is 0 Å². The smallest absolute Gasteiger partial charge is 0.248 e. The molecule has 3 aliphatic rings. The van der Waals surface area contributed by atoms with Gasteiger partial charge in [0.1, 0.15) is 11.6 Å². The second kappa shape index (κ2) is 13.1. The minimum absolute atomic E-state index is 0.186. The predicted octanol–water partition coefficient (Wildman–Crippen LogP) is 4.58. The van der Waals surface area contributed by atoms with E-state index >= 15 is 0 Å².